The highest BCUT2D eigenvalue weighted by molar-refractivity contribution is 7.17. The van der Waals surface area contributed by atoms with Gasteiger partial charge in [0.1, 0.15) is 5.82 Å². The second-order valence-electron chi connectivity index (χ2n) is 9.77. The maximum atomic E-state index is 5.24. The Morgan fingerprint density at radius 1 is 0.771 bits per heavy atom. The van der Waals surface area contributed by atoms with Gasteiger partial charge >= 0.3 is 0 Å². The molecule has 0 aliphatic heterocycles. The summed E-state index contributed by atoms with van der Waals surface area (Å²) in [7, 11) is 0. The minimum absolute atomic E-state index is 0.400. The van der Waals surface area contributed by atoms with E-state index < -0.39 is 0 Å². The molecule has 0 saturated heterocycles. The van der Waals surface area contributed by atoms with Crippen molar-refractivity contribution in [2.75, 3.05) is 0 Å². The van der Waals surface area contributed by atoms with Crippen LogP contribution >= 0.6 is 11.3 Å². The monoisotopic (exact) mass is 475 g/mol. The van der Waals surface area contributed by atoms with Gasteiger partial charge in [-0.3, -0.25) is 4.57 Å². The van der Waals surface area contributed by atoms with Crippen molar-refractivity contribution in [2.45, 2.75) is 39.5 Å². The van der Waals surface area contributed by atoms with Crippen molar-refractivity contribution in [2.24, 2.45) is 0 Å². The number of benzene rings is 3. The van der Waals surface area contributed by atoms with E-state index in [-0.39, 0.29) is 0 Å². The fourth-order valence-corrected chi connectivity index (χ4v) is 5.98. The van der Waals surface area contributed by atoms with Crippen LogP contribution in [0.15, 0.2) is 90.6 Å². The molecule has 174 valence electrons. The fourth-order valence-electron chi connectivity index (χ4n) is 5.06. The van der Waals surface area contributed by atoms with Gasteiger partial charge in [0.2, 0.25) is 0 Å². The molecular weight excluding hydrogens is 446 g/mol. The summed E-state index contributed by atoms with van der Waals surface area (Å²) in [5.41, 5.74) is 8.51. The topological polar surface area (TPSA) is 22.8 Å². The summed E-state index contributed by atoms with van der Waals surface area (Å²) in [6.07, 6.45) is 4.19. The van der Waals surface area contributed by atoms with Crippen LogP contribution in [0.1, 0.15) is 50.7 Å². The summed E-state index contributed by atoms with van der Waals surface area (Å²) in [5, 5.41) is 3.51. The smallest absolute Gasteiger partial charge is 0.147 e. The zero-order valence-electron chi connectivity index (χ0n) is 20.6. The molecule has 3 aromatic carbocycles. The number of nitrogens with zero attached hydrogens (tertiary/aromatic N) is 3. The van der Waals surface area contributed by atoms with Crippen LogP contribution < -0.4 is 0 Å². The Morgan fingerprint density at radius 3 is 2.20 bits per heavy atom. The van der Waals surface area contributed by atoms with Gasteiger partial charge in [0.15, 0.2) is 0 Å². The third kappa shape index (κ3) is 3.60. The van der Waals surface area contributed by atoms with E-state index in [0.717, 1.165) is 22.5 Å². The third-order valence-electron chi connectivity index (χ3n) is 6.83. The van der Waals surface area contributed by atoms with Gasteiger partial charge in [0.05, 0.1) is 16.7 Å². The molecule has 6 aromatic rings. The molecule has 0 unspecified atom stereocenters. The summed E-state index contributed by atoms with van der Waals surface area (Å²) in [4.78, 5) is 5.24. The lowest BCUT2D eigenvalue weighted by Crippen LogP contribution is -2.08. The van der Waals surface area contributed by atoms with Crippen LogP contribution in [0.4, 0.5) is 0 Å². The second kappa shape index (κ2) is 8.54. The van der Waals surface area contributed by atoms with E-state index in [1.54, 1.807) is 11.3 Å². The van der Waals surface area contributed by atoms with E-state index in [4.69, 9.17) is 4.98 Å². The molecule has 6 rings (SSSR count). The number of imidazole rings is 1. The van der Waals surface area contributed by atoms with E-state index in [1.165, 1.54) is 32.5 Å². The summed E-state index contributed by atoms with van der Waals surface area (Å²) in [6, 6.07) is 26.1. The van der Waals surface area contributed by atoms with Crippen molar-refractivity contribution >= 4 is 32.5 Å². The van der Waals surface area contributed by atoms with Crippen molar-refractivity contribution in [1.82, 2.24) is 14.1 Å². The molecule has 0 aliphatic rings. The van der Waals surface area contributed by atoms with Crippen LogP contribution in [-0.4, -0.2) is 14.1 Å². The Labute approximate surface area is 210 Å². The molecule has 3 aromatic heterocycles. The average Bonchev–Trinajstić information content (AvgIpc) is 3.61. The maximum Gasteiger partial charge on any atom is 0.147 e. The molecule has 3 nitrogen and oxygen atoms in total. The van der Waals surface area contributed by atoms with Gasteiger partial charge in [-0.1, -0.05) is 58.0 Å². The number of aromatic nitrogens is 3. The molecule has 4 heteroatoms. The molecule has 0 radical (unpaired) electrons. The summed E-state index contributed by atoms with van der Waals surface area (Å²) >= 11 is 1.79. The summed E-state index contributed by atoms with van der Waals surface area (Å²) < 4.78 is 5.86. The van der Waals surface area contributed by atoms with Crippen molar-refractivity contribution in [3.8, 4) is 22.8 Å². The Morgan fingerprint density at radius 2 is 1.49 bits per heavy atom. The molecule has 0 spiro atoms. The van der Waals surface area contributed by atoms with E-state index in [2.05, 4.69) is 127 Å². The first-order valence-corrected chi connectivity index (χ1v) is 13.2. The predicted molar refractivity (Wildman–Crippen MR) is 149 cm³/mol. The fraction of sp³-hybridized carbons (Fsp3) is 0.194. The quantitative estimate of drug-likeness (QED) is 0.244. The van der Waals surface area contributed by atoms with Crippen LogP contribution in [0.2, 0.25) is 0 Å². The molecule has 3 heterocycles. The van der Waals surface area contributed by atoms with Crippen molar-refractivity contribution in [1.29, 1.82) is 0 Å². The van der Waals surface area contributed by atoms with Gasteiger partial charge in [-0.2, -0.15) is 0 Å². The number of hydrogen-bond donors (Lipinski definition) is 0. The van der Waals surface area contributed by atoms with Crippen molar-refractivity contribution in [3.05, 3.63) is 102 Å². The lowest BCUT2D eigenvalue weighted by Gasteiger charge is -2.22. The maximum absolute atomic E-state index is 5.24. The van der Waals surface area contributed by atoms with Crippen LogP contribution in [0.3, 0.4) is 0 Å². The van der Waals surface area contributed by atoms with Crippen LogP contribution in [0.25, 0.3) is 43.9 Å². The Kier molecular flexibility index (Phi) is 5.34. The number of fused-ring (bicyclic) bond motifs is 2. The first-order chi connectivity index (χ1) is 17.0. The van der Waals surface area contributed by atoms with Crippen molar-refractivity contribution < 1.29 is 0 Å². The highest BCUT2D eigenvalue weighted by Gasteiger charge is 2.23. The molecule has 0 saturated carbocycles. The highest BCUT2D eigenvalue weighted by Crippen LogP contribution is 2.41. The normalized spacial score (nSPS) is 11.9. The Bertz CT molecular complexity index is 1620. The minimum atomic E-state index is 0.400. The molecular formula is C31H29N3S. The molecule has 0 amide bonds. The third-order valence-corrected chi connectivity index (χ3v) is 7.79. The largest absolute Gasteiger partial charge is 0.324 e. The van der Waals surface area contributed by atoms with Crippen LogP contribution in [-0.2, 0) is 0 Å². The zero-order valence-corrected chi connectivity index (χ0v) is 21.4. The number of hydrogen-bond acceptors (Lipinski definition) is 2. The molecule has 0 atom stereocenters. The van der Waals surface area contributed by atoms with Gasteiger partial charge in [0.25, 0.3) is 0 Å². The minimum Gasteiger partial charge on any atom is -0.324 e. The van der Waals surface area contributed by atoms with E-state index in [0.29, 0.717) is 11.8 Å². The van der Waals surface area contributed by atoms with Crippen LogP contribution in [0, 0.1) is 0 Å². The van der Waals surface area contributed by atoms with Gasteiger partial charge in [-0.15, -0.1) is 11.3 Å². The Balaban J connectivity index is 1.69. The molecule has 0 N–H and O–H groups in total. The zero-order chi connectivity index (χ0) is 24.1. The predicted octanol–water partition coefficient (Wildman–Crippen LogP) is 8.94. The highest BCUT2D eigenvalue weighted by atomic mass is 32.1. The van der Waals surface area contributed by atoms with Gasteiger partial charge in [-0.05, 0) is 65.4 Å². The van der Waals surface area contributed by atoms with E-state index in [1.807, 2.05) is 0 Å². The molecule has 0 aliphatic carbocycles. The Hall–Kier alpha value is -3.63. The molecule has 35 heavy (non-hydrogen) atoms. The first kappa shape index (κ1) is 21.9. The summed E-state index contributed by atoms with van der Waals surface area (Å²) in [6.45, 7) is 9.13. The average molecular weight is 476 g/mol. The van der Waals surface area contributed by atoms with E-state index >= 15 is 0 Å². The molecule has 0 bridgehead atoms. The number of thiophene rings is 1. The lowest BCUT2D eigenvalue weighted by molar-refractivity contribution is 0.811. The summed E-state index contributed by atoms with van der Waals surface area (Å²) in [5.74, 6) is 1.81. The SMILES string of the molecule is CC(C)c1cccc(C(C)C)c1-n1c(-c2csc3ccc(-n4cccc4)cc23)nc2ccccc21. The van der Waals surface area contributed by atoms with Crippen LogP contribution in [0.5, 0.6) is 0 Å². The number of rotatable bonds is 5. The second-order valence-corrected chi connectivity index (χ2v) is 10.7. The van der Waals surface area contributed by atoms with Gasteiger partial charge in [0, 0.05) is 39.1 Å². The van der Waals surface area contributed by atoms with Gasteiger partial charge < -0.3 is 4.57 Å². The lowest BCUT2D eigenvalue weighted by atomic mass is 9.92. The van der Waals surface area contributed by atoms with Crippen molar-refractivity contribution in [3.63, 3.8) is 0 Å². The van der Waals surface area contributed by atoms with E-state index in [9.17, 15) is 0 Å². The first-order valence-electron chi connectivity index (χ1n) is 12.3. The standard InChI is InChI=1S/C31H29N3S/c1-20(2)23-10-9-11-24(21(3)4)30(23)34-28-13-6-5-12-27(28)32-31(34)26-19-35-29-15-14-22(18-25(26)29)33-16-7-8-17-33/h5-21H,1-4H3. The number of para-hydroxylation sites is 3. The van der Waals surface area contributed by atoms with Gasteiger partial charge in [-0.25, -0.2) is 4.98 Å². The molecule has 0 fully saturated rings.